The number of carbonyl (C=O) groups is 2. The molecule has 7 nitrogen and oxygen atoms in total. The lowest BCUT2D eigenvalue weighted by Crippen LogP contribution is -2.51. The third-order valence-electron chi connectivity index (χ3n) is 6.17. The highest BCUT2D eigenvalue weighted by molar-refractivity contribution is 5.96. The SMILES string of the molecule is COc1cc(OC)cc(C(=O)N2CCN(CC(=O)N(Cc3ccccc3)c3ccccc3)CC2)c1. The van der Waals surface area contributed by atoms with Crippen molar-refractivity contribution in [1.29, 1.82) is 0 Å². The number of hydrogen-bond acceptors (Lipinski definition) is 5. The fourth-order valence-electron chi connectivity index (χ4n) is 4.20. The molecule has 0 spiro atoms. The number of carbonyl (C=O) groups excluding carboxylic acids is 2. The first-order valence-corrected chi connectivity index (χ1v) is 11.7. The lowest BCUT2D eigenvalue weighted by Gasteiger charge is -2.35. The van der Waals surface area contributed by atoms with Crippen LogP contribution in [0.5, 0.6) is 11.5 Å². The molecule has 4 rings (SSSR count). The number of benzene rings is 3. The summed E-state index contributed by atoms with van der Waals surface area (Å²) in [6.45, 7) is 3.18. The summed E-state index contributed by atoms with van der Waals surface area (Å²) in [5.41, 5.74) is 2.49. The maximum atomic E-state index is 13.4. The molecular formula is C28H31N3O4. The van der Waals surface area contributed by atoms with Crippen LogP contribution in [-0.4, -0.2) is 68.6 Å². The van der Waals surface area contributed by atoms with Gasteiger partial charge >= 0.3 is 0 Å². The van der Waals surface area contributed by atoms with Crippen LogP contribution in [0.4, 0.5) is 5.69 Å². The van der Waals surface area contributed by atoms with Gasteiger partial charge in [-0.3, -0.25) is 14.5 Å². The maximum Gasteiger partial charge on any atom is 0.254 e. The zero-order chi connectivity index (χ0) is 24.6. The van der Waals surface area contributed by atoms with Crippen LogP contribution in [0.25, 0.3) is 0 Å². The van der Waals surface area contributed by atoms with E-state index in [4.69, 9.17) is 9.47 Å². The highest BCUT2D eigenvalue weighted by Crippen LogP contribution is 2.24. The van der Waals surface area contributed by atoms with Gasteiger partial charge in [-0.2, -0.15) is 0 Å². The van der Waals surface area contributed by atoms with E-state index in [0.717, 1.165) is 11.3 Å². The van der Waals surface area contributed by atoms with Crippen molar-refractivity contribution in [2.24, 2.45) is 0 Å². The highest BCUT2D eigenvalue weighted by Gasteiger charge is 2.26. The summed E-state index contributed by atoms with van der Waals surface area (Å²) in [5, 5.41) is 0. The van der Waals surface area contributed by atoms with Crippen LogP contribution in [0.1, 0.15) is 15.9 Å². The quantitative estimate of drug-likeness (QED) is 0.499. The van der Waals surface area contributed by atoms with Gasteiger partial charge in [0.05, 0.1) is 27.3 Å². The van der Waals surface area contributed by atoms with Crippen molar-refractivity contribution in [3.05, 3.63) is 90.0 Å². The van der Waals surface area contributed by atoms with Gasteiger partial charge in [0.1, 0.15) is 11.5 Å². The minimum atomic E-state index is -0.0665. The number of para-hydroxylation sites is 1. The molecule has 1 aliphatic rings. The molecule has 0 atom stereocenters. The van der Waals surface area contributed by atoms with Gasteiger partial charge in [0, 0.05) is 43.5 Å². The van der Waals surface area contributed by atoms with Crippen molar-refractivity contribution in [3.63, 3.8) is 0 Å². The molecule has 0 N–H and O–H groups in total. The standard InChI is InChI=1S/C28H31N3O4/c1-34-25-17-23(18-26(19-25)35-2)28(33)30-15-13-29(14-16-30)21-27(32)31(24-11-7-4-8-12-24)20-22-9-5-3-6-10-22/h3-12,17-19H,13-16,20-21H2,1-2H3. The van der Waals surface area contributed by atoms with Gasteiger partial charge in [0.15, 0.2) is 0 Å². The fraction of sp³-hybridized carbons (Fsp3) is 0.286. The number of hydrogen-bond donors (Lipinski definition) is 0. The van der Waals surface area contributed by atoms with Gasteiger partial charge in [0.2, 0.25) is 5.91 Å². The summed E-state index contributed by atoms with van der Waals surface area (Å²) in [4.78, 5) is 32.2. The minimum absolute atomic E-state index is 0.0392. The lowest BCUT2D eigenvalue weighted by atomic mass is 10.1. The van der Waals surface area contributed by atoms with Crippen LogP contribution in [0, 0.1) is 0 Å². The van der Waals surface area contributed by atoms with E-state index >= 15 is 0 Å². The second-order valence-corrected chi connectivity index (χ2v) is 8.47. The normalized spacial score (nSPS) is 13.8. The van der Waals surface area contributed by atoms with Crippen LogP contribution in [0.15, 0.2) is 78.9 Å². The van der Waals surface area contributed by atoms with Crippen LogP contribution < -0.4 is 14.4 Å². The molecule has 3 aromatic rings. The average molecular weight is 474 g/mol. The van der Waals surface area contributed by atoms with E-state index in [0.29, 0.717) is 56.3 Å². The first-order chi connectivity index (χ1) is 17.1. The summed E-state index contributed by atoms with van der Waals surface area (Å²) in [7, 11) is 3.13. The zero-order valence-corrected chi connectivity index (χ0v) is 20.2. The molecule has 0 aliphatic carbocycles. The Morgan fingerprint density at radius 1 is 0.800 bits per heavy atom. The van der Waals surface area contributed by atoms with E-state index in [1.165, 1.54) is 0 Å². The van der Waals surface area contributed by atoms with Crippen molar-refractivity contribution in [3.8, 4) is 11.5 Å². The van der Waals surface area contributed by atoms with Gasteiger partial charge in [-0.05, 0) is 29.8 Å². The number of ether oxygens (including phenoxy) is 2. The predicted octanol–water partition coefficient (Wildman–Crippen LogP) is 3.70. The summed E-state index contributed by atoms with van der Waals surface area (Å²) < 4.78 is 10.6. The molecule has 35 heavy (non-hydrogen) atoms. The smallest absolute Gasteiger partial charge is 0.254 e. The third-order valence-corrected chi connectivity index (χ3v) is 6.17. The molecule has 182 valence electrons. The molecule has 1 heterocycles. The van der Waals surface area contributed by atoms with E-state index in [2.05, 4.69) is 4.90 Å². The Kier molecular flexibility index (Phi) is 8.00. The Morgan fingerprint density at radius 3 is 1.94 bits per heavy atom. The molecule has 0 bridgehead atoms. The van der Waals surface area contributed by atoms with Crippen molar-refractivity contribution in [2.45, 2.75) is 6.54 Å². The third kappa shape index (κ3) is 6.19. The van der Waals surface area contributed by atoms with Crippen molar-refractivity contribution >= 4 is 17.5 Å². The number of rotatable bonds is 8. The van der Waals surface area contributed by atoms with Gasteiger partial charge in [-0.15, -0.1) is 0 Å². The van der Waals surface area contributed by atoms with Crippen LogP contribution >= 0.6 is 0 Å². The molecule has 0 unspecified atom stereocenters. The van der Waals surface area contributed by atoms with E-state index in [-0.39, 0.29) is 11.8 Å². The topological polar surface area (TPSA) is 62.3 Å². The van der Waals surface area contributed by atoms with Crippen molar-refractivity contribution in [2.75, 3.05) is 51.8 Å². The highest BCUT2D eigenvalue weighted by atomic mass is 16.5. The Morgan fingerprint density at radius 2 is 1.37 bits per heavy atom. The van der Waals surface area contributed by atoms with E-state index in [9.17, 15) is 9.59 Å². The van der Waals surface area contributed by atoms with E-state index < -0.39 is 0 Å². The minimum Gasteiger partial charge on any atom is -0.497 e. The predicted molar refractivity (Wildman–Crippen MR) is 136 cm³/mol. The Hall–Kier alpha value is -3.84. The fourth-order valence-corrected chi connectivity index (χ4v) is 4.20. The molecule has 0 radical (unpaired) electrons. The van der Waals surface area contributed by atoms with Crippen molar-refractivity contribution < 1.29 is 19.1 Å². The summed E-state index contributed by atoms with van der Waals surface area (Å²) >= 11 is 0. The molecule has 0 saturated carbocycles. The lowest BCUT2D eigenvalue weighted by molar-refractivity contribution is -0.120. The van der Waals surface area contributed by atoms with Crippen LogP contribution in [0.3, 0.4) is 0 Å². The largest absolute Gasteiger partial charge is 0.497 e. The monoisotopic (exact) mass is 473 g/mol. The molecule has 0 aromatic heterocycles. The van der Waals surface area contributed by atoms with Crippen LogP contribution in [-0.2, 0) is 11.3 Å². The average Bonchev–Trinajstić information content (AvgIpc) is 2.92. The first-order valence-electron chi connectivity index (χ1n) is 11.7. The number of anilines is 1. The number of nitrogens with zero attached hydrogens (tertiary/aromatic N) is 3. The van der Waals surface area contributed by atoms with Gasteiger partial charge in [0.25, 0.3) is 5.91 Å². The van der Waals surface area contributed by atoms with Crippen molar-refractivity contribution in [1.82, 2.24) is 9.80 Å². The molecule has 1 aliphatic heterocycles. The molecule has 3 aromatic carbocycles. The Labute approximate surface area is 206 Å². The number of piperazine rings is 1. The van der Waals surface area contributed by atoms with Gasteiger partial charge < -0.3 is 19.3 Å². The van der Waals surface area contributed by atoms with E-state index in [1.54, 1.807) is 32.4 Å². The Balaban J connectivity index is 1.39. The van der Waals surface area contributed by atoms with Gasteiger partial charge in [-0.1, -0.05) is 48.5 Å². The molecule has 1 fully saturated rings. The summed E-state index contributed by atoms with van der Waals surface area (Å²) in [6, 6.07) is 24.9. The zero-order valence-electron chi connectivity index (χ0n) is 20.2. The maximum absolute atomic E-state index is 13.4. The first kappa shape index (κ1) is 24.3. The molecular weight excluding hydrogens is 442 g/mol. The number of methoxy groups -OCH3 is 2. The summed E-state index contributed by atoms with van der Waals surface area (Å²) in [5.74, 6) is 1.13. The second kappa shape index (κ2) is 11.5. The summed E-state index contributed by atoms with van der Waals surface area (Å²) in [6.07, 6.45) is 0. The van der Waals surface area contributed by atoms with Gasteiger partial charge in [-0.25, -0.2) is 0 Å². The number of amides is 2. The second-order valence-electron chi connectivity index (χ2n) is 8.47. The molecule has 1 saturated heterocycles. The van der Waals surface area contributed by atoms with E-state index in [1.807, 2.05) is 70.5 Å². The Bertz CT molecular complexity index is 1110. The molecule has 7 heteroatoms. The van der Waals surface area contributed by atoms with Crippen LogP contribution in [0.2, 0.25) is 0 Å². The molecule has 2 amide bonds.